The second-order valence-corrected chi connectivity index (χ2v) is 6.28. The molecule has 0 spiro atoms. The van der Waals surface area contributed by atoms with Gasteiger partial charge < -0.3 is 5.11 Å². The van der Waals surface area contributed by atoms with Crippen LogP contribution in [-0.4, -0.2) is 54.4 Å². The number of piperidine rings is 1. The molecule has 5 nitrogen and oxygen atoms in total. The summed E-state index contributed by atoms with van der Waals surface area (Å²) in [6, 6.07) is -0.112. The summed E-state index contributed by atoms with van der Waals surface area (Å²) in [5.74, 6) is 0. The lowest BCUT2D eigenvalue weighted by Gasteiger charge is -2.33. The molecule has 0 amide bonds. The van der Waals surface area contributed by atoms with Crippen molar-refractivity contribution in [1.82, 2.24) is 8.61 Å². The van der Waals surface area contributed by atoms with Gasteiger partial charge in [0, 0.05) is 25.7 Å². The van der Waals surface area contributed by atoms with Crippen LogP contribution in [0.5, 0.6) is 0 Å². The zero-order valence-electron chi connectivity index (χ0n) is 10.1. The fourth-order valence-electron chi connectivity index (χ4n) is 1.98. The van der Waals surface area contributed by atoms with E-state index in [-0.39, 0.29) is 19.2 Å². The molecule has 0 aromatic carbocycles. The first kappa shape index (κ1) is 13.9. The highest BCUT2D eigenvalue weighted by molar-refractivity contribution is 7.86. The topological polar surface area (TPSA) is 60.9 Å². The Bertz CT molecular complexity index is 297. The van der Waals surface area contributed by atoms with Gasteiger partial charge in [0.2, 0.25) is 0 Å². The van der Waals surface area contributed by atoms with E-state index in [2.05, 4.69) is 0 Å². The molecule has 0 unspecified atom stereocenters. The van der Waals surface area contributed by atoms with Gasteiger partial charge in [0.15, 0.2) is 0 Å². The summed E-state index contributed by atoms with van der Waals surface area (Å²) in [6.45, 7) is 4.92. The van der Waals surface area contributed by atoms with Crippen molar-refractivity contribution in [1.29, 1.82) is 0 Å². The van der Waals surface area contributed by atoms with Gasteiger partial charge in [-0.05, 0) is 26.7 Å². The van der Waals surface area contributed by atoms with Crippen LogP contribution in [0.3, 0.4) is 0 Å². The monoisotopic (exact) mass is 250 g/mol. The van der Waals surface area contributed by atoms with Gasteiger partial charge in [0.1, 0.15) is 0 Å². The van der Waals surface area contributed by atoms with Crippen LogP contribution in [0.2, 0.25) is 0 Å². The molecule has 1 aliphatic rings. The van der Waals surface area contributed by atoms with E-state index < -0.39 is 10.2 Å². The van der Waals surface area contributed by atoms with Crippen molar-refractivity contribution < 1.29 is 13.5 Å². The van der Waals surface area contributed by atoms with Crippen molar-refractivity contribution in [3.8, 4) is 0 Å². The minimum atomic E-state index is -3.38. The van der Waals surface area contributed by atoms with E-state index in [1.807, 2.05) is 13.8 Å². The summed E-state index contributed by atoms with van der Waals surface area (Å²) in [6.07, 6.45) is 2.97. The molecule has 1 heterocycles. The second kappa shape index (κ2) is 5.95. The molecular weight excluding hydrogens is 228 g/mol. The third kappa shape index (κ3) is 3.16. The van der Waals surface area contributed by atoms with Crippen molar-refractivity contribution >= 4 is 10.2 Å². The Balaban J connectivity index is 2.79. The number of hydrogen-bond acceptors (Lipinski definition) is 3. The van der Waals surface area contributed by atoms with Crippen LogP contribution in [0.15, 0.2) is 0 Å². The largest absolute Gasteiger partial charge is 0.395 e. The summed E-state index contributed by atoms with van der Waals surface area (Å²) in [7, 11) is -3.38. The first-order chi connectivity index (χ1) is 7.50. The summed E-state index contributed by atoms with van der Waals surface area (Å²) in [4.78, 5) is 0. The molecule has 0 atom stereocenters. The molecule has 0 aliphatic carbocycles. The van der Waals surface area contributed by atoms with Crippen LogP contribution in [0, 0.1) is 0 Å². The van der Waals surface area contributed by atoms with E-state index in [1.165, 1.54) is 8.61 Å². The molecule has 96 valence electrons. The Labute approximate surface area is 98.2 Å². The molecule has 0 aromatic heterocycles. The maximum atomic E-state index is 12.3. The van der Waals surface area contributed by atoms with E-state index in [9.17, 15) is 8.42 Å². The molecule has 6 heteroatoms. The standard InChI is InChI=1S/C10H22N2O3S/c1-10(2)12(8-9-13)16(14,15)11-6-4-3-5-7-11/h10,13H,3-9H2,1-2H3. The Hall–Kier alpha value is -0.170. The Kier molecular flexibility index (Phi) is 5.17. The lowest BCUT2D eigenvalue weighted by atomic mass is 10.2. The van der Waals surface area contributed by atoms with Crippen LogP contribution < -0.4 is 0 Å². The third-order valence-corrected chi connectivity index (χ3v) is 5.05. The van der Waals surface area contributed by atoms with Crippen molar-refractivity contribution in [2.75, 3.05) is 26.2 Å². The summed E-state index contributed by atoms with van der Waals surface area (Å²) < 4.78 is 27.4. The zero-order valence-corrected chi connectivity index (χ0v) is 10.9. The number of aliphatic hydroxyl groups excluding tert-OH is 1. The van der Waals surface area contributed by atoms with Crippen LogP contribution in [-0.2, 0) is 10.2 Å². The lowest BCUT2D eigenvalue weighted by Crippen LogP contribution is -2.49. The maximum Gasteiger partial charge on any atom is 0.282 e. The normalized spacial score (nSPS) is 19.6. The van der Waals surface area contributed by atoms with E-state index in [1.54, 1.807) is 0 Å². The van der Waals surface area contributed by atoms with Crippen LogP contribution in [0.1, 0.15) is 33.1 Å². The lowest BCUT2D eigenvalue weighted by molar-refractivity contribution is 0.220. The summed E-state index contributed by atoms with van der Waals surface area (Å²) in [5, 5.41) is 8.92. The average molecular weight is 250 g/mol. The predicted molar refractivity (Wildman–Crippen MR) is 63.3 cm³/mol. The molecule has 16 heavy (non-hydrogen) atoms. The minimum Gasteiger partial charge on any atom is -0.395 e. The first-order valence-corrected chi connectivity index (χ1v) is 7.27. The number of nitrogens with zero attached hydrogens (tertiary/aromatic N) is 2. The molecule has 0 radical (unpaired) electrons. The fourth-order valence-corrected chi connectivity index (χ4v) is 3.84. The molecular formula is C10H22N2O3S. The molecule has 1 aliphatic heterocycles. The summed E-state index contributed by atoms with van der Waals surface area (Å²) >= 11 is 0. The molecule has 0 bridgehead atoms. The Morgan fingerprint density at radius 2 is 1.81 bits per heavy atom. The minimum absolute atomic E-state index is 0.112. The molecule has 1 N–H and O–H groups in total. The van der Waals surface area contributed by atoms with E-state index in [4.69, 9.17) is 5.11 Å². The van der Waals surface area contributed by atoms with Gasteiger partial charge >= 0.3 is 0 Å². The van der Waals surface area contributed by atoms with Crippen LogP contribution in [0.4, 0.5) is 0 Å². The first-order valence-electron chi connectivity index (χ1n) is 5.88. The molecule has 1 saturated heterocycles. The Morgan fingerprint density at radius 3 is 2.25 bits per heavy atom. The predicted octanol–water partition coefficient (Wildman–Crippen LogP) is 0.420. The highest BCUT2D eigenvalue weighted by atomic mass is 32.2. The maximum absolute atomic E-state index is 12.3. The smallest absolute Gasteiger partial charge is 0.282 e. The molecule has 1 fully saturated rings. The van der Waals surface area contributed by atoms with Gasteiger partial charge in [-0.15, -0.1) is 0 Å². The van der Waals surface area contributed by atoms with Gasteiger partial charge in [-0.3, -0.25) is 0 Å². The van der Waals surface area contributed by atoms with E-state index in [0.717, 1.165) is 19.3 Å². The fraction of sp³-hybridized carbons (Fsp3) is 1.00. The van der Waals surface area contributed by atoms with Gasteiger partial charge in [-0.2, -0.15) is 17.0 Å². The van der Waals surface area contributed by atoms with Gasteiger partial charge in [-0.25, -0.2) is 0 Å². The van der Waals surface area contributed by atoms with Gasteiger partial charge in [0.05, 0.1) is 6.61 Å². The van der Waals surface area contributed by atoms with Crippen LogP contribution >= 0.6 is 0 Å². The zero-order chi connectivity index (χ0) is 12.2. The van der Waals surface area contributed by atoms with Crippen molar-refractivity contribution in [3.63, 3.8) is 0 Å². The highest BCUT2D eigenvalue weighted by Crippen LogP contribution is 2.17. The van der Waals surface area contributed by atoms with Crippen molar-refractivity contribution in [2.24, 2.45) is 0 Å². The van der Waals surface area contributed by atoms with Crippen molar-refractivity contribution in [2.45, 2.75) is 39.2 Å². The van der Waals surface area contributed by atoms with E-state index in [0.29, 0.717) is 13.1 Å². The molecule has 0 saturated carbocycles. The van der Waals surface area contributed by atoms with Gasteiger partial charge in [-0.1, -0.05) is 6.42 Å². The SMILES string of the molecule is CC(C)N(CCO)S(=O)(=O)N1CCCCC1. The molecule has 0 aromatic rings. The van der Waals surface area contributed by atoms with E-state index >= 15 is 0 Å². The second-order valence-electron chi connectivity index (χ2n) is 4.40. The number of aliphatic hydroxyl groups is 1. The van der Waals surface area contributed by atoms with Crippen molar-refractivity contribution in [3.05, 3.63) is 0 Å². The molecule has 1 rings (SSSR count). The third-order valence-electron chi connectivity index (χ3n) is 2.83. The Morgan fingerprint density at radius 1 is 1.25 bits per heavy atom. The highest BCUT2D eigenvalue weighted by Gasteiger charge is 2.31. The quantitative estimate of drug-likeness (QED) is 0.769. The van der Waals surface area contributed by atoms with Gasteiger partial charge in [0.25, 0.3) is 10.2 Å². The number of hydrogen-bond donors (Lipinski definition) is 1. The average Bonchev–Trinajstić information content (AvgIpc) is 2.26. The van der Waals surface area contributed by atoms with Crippen LogP contribution in [0.25, 0.3) is 0 Å². The number of rotatable bonds is 5. The summed E-state index contributed by atoms with van der Waals surface area (Å²) in [5.41, 5.74) is 0.